The summed E-state index contributed by atoms with van der Waals surface area (Å²) in [5.74, 6) is 0.856. The number of hydrogen-bond donors (Lipinski definition) is 1. The molecular formula is C11H19ClN2OS. The predicted molar refractivity (Wildman–Crippen MR) is 70.1 cm³/mol. The van der Waals surface area contributed by atoms with Crippen molar-refractivity contribution in [1.29, 1.82) is 0 Å². The number of halogens is 1. The van der Waals surface area contributed by atoms with Gasteiger partial charge in [0.15, 0.2) is 0 Å². The highest BCUT2D eigenvalue weighted by Gasteiger charge is 2.13. The first-order valence-electron chi connectivity index (χ1n) is 5.54. The Morgan fingerprint density at radius 3 is 2.81 bits per heavy atom. The van der Waals surface area contributed by atoms with Gasteiger partial charge >= 0.3 is 0 Å². The van der Waals surface area contributed by atoms with Crippen molar-refractivity contribution in [3.63, 3.8) is 0 Å². The molecule has 0 aliphatic heterocycles. The maximum Gasteiger partial charge on any atom is 0.0855 e. The molecule has 1 aromatic heterocycles. The highest BCUT2D eigenvalue weighted by atomic mass is 35.5. The highest BCUT2D eigenvalue weighted by molar-refractivity contribution is 7.99. The second-order valence-corrected chi connectivity index (χ2v) is 5.60. The molecule has 1 rings (SSSR count). The first-order valence-corrected chi connectivity index (χ1v) is 6.97. The Morgan fingerprint density at radius 2 is 2.25 bits per heavy atom. The second-order valence-electron chi connectivity index (χ2n) is 3.80. The first-order chi connectivity index (χ1) is 7.60. The topological polar surface area (TPSA) is 38.0 Å². The summed E-state index contributed by atoms with van der Waals surface area (Å²) in [7, 11) is 0. The maximum atomic E-state index is 8.84. The van der Waals surface area contributed by atoms with Gasteiger partial charge in [0.1, 0.15) is 0 Å². The van der Waals surface area contributed by atoms with Crippen molar-refractivity contribution in [2.45, 2.75) is 44.7 Å². The van der Waals surface area contributed by atoms with E-state index in [0.717, 1.165) is 35.1 Å². The van der Waals surface area contributed by atoms with Crippen LogP contribution in [0.3, 0.4) is 0 Å². The molecule has 0 spiro atoms. The summed E-state index contributed by atoms with van der Waals surface area (Å²) in [6.45, 7) is 7.20. The molecule has 1 unspecified atom stereocenters. The Hall–Kier alpha value is -0.190. The Balaban J connectivity index is 2.65. The fourth-order valence-corrected chi connectivity index (χ4v) is 2.78. The number of aromatic nitrogens is 2. The van der Waals surface area contributed by atoms with Gasteiger partial charge in [0.25, 0.3) is 0 Å². The van der Waals surface area contributed by atoms with Crippen molar-refractivity contribution in [1.82, 2.24) is 9.78 Å². The van der Waals surface area contributed by atoms with Gasteiger partial charge in [0.2, 0.25) is 0 Å². The molecular weight excluding hydrogens is 244 g/mol. The molecule has 1 N–H and O–H groups in total. The molecule has 1 aromatic rings. The number of thioether (sulfide) groups is 1. The quantitative estimate of drug-likeness (QED) is 0.857. The smallest absolute Gasteiger partial charge is 0.0855 e. The monoisotopic (exact) mass is 262 g/mol. The van der Waals surface area contributed by atoms with Gasteiger partial charge in [0, 0.05) is 24.2 Å². The summed E-state index contributed by atoms with van der Waals surface area (Å²) in [6.07, 6.45) is 0.821. The molecule has 0 bridgehead atoms. The lowest BCUT2D eigenvalue weighted by Crippen LogP contribution is -2.05. The van der Waals surface area contributed by atoms with Gasteiger partial charge in [-0.2, -0.15) is 16.9 Å². The van der Waals surface area contributed by atoms with Gasteiger partial charge in [-0.05, 0) is 20.3 Å². The lowest BCUT2D eigenvalue weighted by atomic mass is 10.3. The van der Waals surface area contributed by atoms with E-state index in [2.05, 4.69) is 18.9 Å². The SMILES string of the molecule is CCn1nc(C)c(Cl)c1CSC(C)CCO. The zero-order chi connectivity index (χ0) is 12.1. The third kappa shape index (κ3) is 3.40. The van der Waals surface area contributed by atoms with Gasteiger partial charge in [-0.25, -0.2) is 0 Å². The number of hydrogen-bond acceptors (Lipinski definition) is 3. The zero-order valence-corrected chi connectivity index (χ0v) is 11.6. The molecule has 0 saturated carbocycles. The van der Waals surface area contributed by atoms with Crippen LogP contribution in [-0.4, -0.2) is 26.7 Å². The highest BCUT2D eigenvalue weighted by Crippen LogP contribution is 2.27. The van der Waals surface area contributed by atoms with Crippen molar-refractivity contribution >= 4 is 23.4 Å². The molecule has 0 aromatic carbocycles. The minimum Gasteiger partial charge on any atom is -0.396 e. The van der Waals surface area contributed by atoms with Crippen molar-refractivity contribution in [2.75, 3.05) is 6.61 Å². The molecule has 5 heteroatoms. The third-order valence-corrected chi connectivity index (χ3v) is 4.23. The molecule has 0 aliphatic carbocycles. The normalized spacial score (nSPS) is 13.1. The Morgan fingerprint density at radius 1 is 1.56 bits per heavy atom. The summed E-state index contributed by atoms with van der Waals surface area (Å²) in [5.41, 5.74) is 1.99. The van der Waals surface area contributed by atoms with Gasteiger partial charge in [-0.1, -0.05) is 18.5 Å². The predicted octanol–water partition coefficient (Wildman–Crippen LogP) is 2.87. The molecule has 92 valence electrons. The van der Waals surface area contributed by atoms with Gasteiger partial charge < -0.3 is 5.11 Å². The van der Waals surface area contributed by atoms with E-state index in [4.69, 9.17) is 16.7 Å². The van der Waals surface area contributed by atoms with Crippen LogP contribution in [0.25, 0.3) is 0 Å². The number of aryl methyl sites for hydroxylation is 2. The van der Waals surface area contributed by atoms with Crippen molar-refractivity contribution < 1.29 is 5.11 Å². The molecule has 0 radical (unpaired) electrons. The Bertz CT molecular complexity index is 341. The first kappa shape index (κ1) is 13.9. The lowest BCUT2D eigenvalue weighted by Gasteiger charge is -2.10. The molecule has 16 heavy (non-hydrogen) atoms. The van der Waals surface area contributed by atoms with Crippen LogP contribution in [0.5, 0.6) is 0 Å². The van der Waals surface area contributed by atoms with Gasteiger partial charge in [-0.3, -0.25) is 4.68 Å². The molecule has 3 nitrogen and oxygen atoms in total. The van der Waals surface area contributed by atoms with Crippen LogP contribution in [0.15, 0.2) is 0 Å². The third-order valence-electron chi connectivity index (χ3n) is 2.49. The lowest BCUT2D eigenvalue weighted by molar-refractivity contribution is 0.289. The van der Waals surface area contributed by atoms with Crippen LogP contribution >= 0.6 is 23.4 Å². The van der Waals surface area contributed by atoms with E-state index >= 15 is 0 Å². The van der Waals surface area contributed by atoms with Crippen LogP contribution < -0.4 is 0 Å². The molecule has 1 atom stereocenters. The van der Waals surface area contributed by atoms with E-state index in [0.29, 0.717) is 5.25 Å². The van der Waals surface area contributed by atoms with Crippen molar-refractivity contribution in [3.05, 3.63) is 16.4 Å². The standard InChI is InChI=1S/C11H19ClN2OS/c1-4-14-10(11(12)9(3)13-14)7-16-8(2)5-6-15/h8,15H,4-7H2,1-3H3. The fourth-order valence-electron chi connectivity index (χ4n) is 1.49. The molecule has 0 amide bonds. The molecule has 0 saturated heterocycles. The summed E-state index contributed by atoms with van der Waals surface area (Å²) in [5, 5.41) is 14.4. The number of aliphatic hydroxyl groups is 1. The molecule has 1 heterocycles. The average molecular weight is 263 g/mol. The van der Waals surface area contributed by atoms with Gasteiger partial charge in [0.05, 0.1) is 16.4 Å². The number of nitrogens with zero attached hydrogens (tertiary/aromatic N) is 2. The van der Waals surface area contributed by atoms with E-state index in [1.165, 1.54) is 0 Å². The summed E-state index contributed by atoms with van der Waals surface area (Å²) in [4.78, 5) is 0. The average Bonchev–Trinajstić information content (AvgIpc) is 2.53. The van der Waals surface area contributed by atoms with Crippen molar-refractivity contribution in [3.8, 4) is 0 Å². The summed E-state index contributed by atoms with van der Waals surface area (Å²) >= 11 is 8.01. The minimum atomic E-state index is 0.244. The summed E-state index contributed by atoms with van der Waals surface area (Å²) < 4.78 is 1.95. The van der Waals surface area contributed by atoms with Crippen LogP contribution in [0.4, 0.5) is 0 Å². The van der Waals surface area contributed by atoms with Crippen LogP contribution in [0.2, 0.25) is 5.02 Å². The van der Waals surface area contributed by atoms with Gasteiger partial charge in [-0.15, -0.1) is 0 Å². The van der Waals surface area contributed by atoms with E-state index in [1.54, 1.807) is 11.8 Å². The van der Waals surface area contributed by atoms with Crippen LogP contribution in [0.1, 0.15) is 31.7 Å². The molecule has 0 aliphatic rings. The fraction of sp³-hybridized carbons (Fsp3) is 0.727. The largest absolute Gasteiger partial charge is 0.396 e. The van der Waals surface area contributed by atoms with Crippen molar-refractivity contribution in [2.24, 2.45) is 0 Å². The van der Waals surface area contributed by atoms with E-state index in [9.17, 15) is 0 Å². The van der Waals surface area contributed by atoms with E-state index in [1.807, 2.05) is 11.6 Å². The van der Waals surface area contributed by atoms with E-state index < -0.39 is 0 Å². The summed E-state index contributed by atoms with van der Waals surface area (Å²) in [6, 6.07) is 0. The molecule has 0 fully saturated rings. The zero-order valence-electron chi connectivity index (χ0n) is 10.0. The van der Waals surface area contributed by atoms with Crippen LogP contribution in [0, 0.1) is 6.92 Å². The maximum absolute atomic E-state index is 8.84. The van der Waals surface area contributed by atoms with E-state index in [-0.39, 0.29) is 6.61 Å². The number of rotatable bonds is 6. The Labute approximate surface area is 106 Å². The minimum absolute atomic E-state index is 0.244. The second kappa shape index (κ2) is 6.52. The van der Waals surface area contributed by atoms with Crippen LogP contribution in [-0.2, 0) is 12.3 Å². The Kier molecular flexibility index (Phi) is 5.66. The number of aliphatic hydroxyl groups excluding tert-OH is 1.